The van der Waals surface area contributed by atoms with Crippen molar-refractivity contribution in [3.05, 3.63) is 30.2 Å². The normalized spacial score (nSPS) is 25.4. The highest BCUT2D eigenvalue weighted by atomic mass is 16.6. The average Bonchev–Trinajstić information content (AvgIpc) is 3.06. The Morgan fingerprint density at radius 2 is 1.85 bits per heavy atom. The number of Topliss-reactive ketones (excluding diaryl/α,β-unsaturated/α-hetero) is 1. The van der Waals surface area contributed by atoms with Crippen LogP contribution in [0.5, 0.6) is 0 Å². The first-order chi connectivity index (χ1) is 12.8. The molecule has 4 rings (SSSR count). The van der Waals surface area contributed by atoms with Gasteiger partial charge in [-0.3, -0.25) is 9.20 Å². The first-order valence-corrected chi connectivity index (χ1v) is 9.67. The molecule has 0 spiro atoms. The van der Waals surface area contributed by atoms with Crippen LogP contribution in [0.3, 0.4) is 0 Å². The van der Waals surface area contributed by atoms with E-state index in [1.165, 1.54) is 0 Å². The Bertz CT molecular complexity index is 855. The Hall–Kier alpha value is -2.44. The van der Waals surface area contributed by atoms with Gasteiger partial charge in [0, 0.05) is 29.8 Å². The molecule has 2 fully saturated rings. The molecule has 2 unspecified atom stereocenters. The minimum atomic E-state index is -0.508. The van der Waals surface area contributed by atoms with Crippen molar-refractivity contribution in [2.75, 3.05) is 0 Å². The predicted molar refractivity (Wildman–Crippen MR) is 99.5 cm³/mol. The minimum Gasteiger partial charge on any atom is -0.444 e. The molecule has 27 heavy (non-hydrogen) atoms. The van der Waals surface area contributed by atoms with Gasteiger partial charge in [0.2, 0.25) is 0 Å². The number of hydrogen-bond donors (Lipinski definition) is 0. The molecule has 144 valence electrons. The van der Waals surface area contributed by atoms with Crippen LogP contribution in [0.1, 0.15) is 63.2 Å². The number of ether oxygens (including phenoxy) is 1. The Morgan fingerprint density at radius 3 is 2.52 bits per heavy atom. The number of carbonyl (C=O) groups is 2. The van der Waals surface area contributed by atoms with Gasteiger partial charge in [-0.25, -0.2) is 4.79 Å². The molecule has 7 heteroatoms. The summed E-state index contributed by atoms with van der Waals surface area (Å²) in [7, 11) is 0. The molecule has 2 atom stereocenters. The molecule has 2 aliphatic heterocycles. The molecule has 1 amide bonds. The third-order valence-corrected chi connectivity index (χ3v) is 5.53. The zero-order chi connectivity index (χ0) is 19.2. The van der Waals surface area contributed by atoms with Crippen LogP contribution < -0.4 is 0 Å². The summed E-state index contributed by atoms with van der Waals surface area (Å²) in [6.45, 7) is 5.66. The Kier molecular flexibility index (Phi) is 4.40. The van der Waals surface area contributed by atoms with Crippen LogP contribution >= 0.6 is 0 Å². The SMILES string of the molecule is CC(C)(C)OC(=O)N1C2CCCC1CC(C(=O)c1ccc3nncn3c1)C2. The highest BCUT2D eigenvalue weighted by Gasteiger charge is 2.44. The van der Waals surface area contributed by atoms with E-state index in [4.69, 9.17) is 4.74 Å². The number of carbonyl (C=O) groups excluding carboxylic acids is 2. The number of rotatable bonds is 2. The number of fused-ring (bicyclic) bond motifs is 3. The van der Waals surface area contributed by atoms with E-state index in [1.54, 1.807) is 16.9 Å². The van der Waals surface area contributed by atoms with Crippen LogP contribution in [-0.2, 0) is 4.74 Å². The summed E-state index contributed by atoms with van der Waals surface area (Å²) in [6.07, 6.45) is 7.54. The summed E-state index contributed by atoms with van der Waals surface area (Å²) in [5.41, 5.74) is 0.894. The molecule has 0 aliphatic carbocycles. The summed E-state index contributed by atoms with van der Waals surface area (Å²) < 4.78 is 7.39. The number of nitrogens with zero attached hydrogens (tertiary/aromatic N) is 4. The quantitative estimate of drug-likeness (QED) is 0.757. The predicted octanol–water partition coefficient (Wildman–Crippen LogP) is 3.48. The van der Waals surface area contributed by atoms with Gasteiger partial charge in [-0.15, -0.1) is 10.2 Å². The molecular weight excluding hydrogens is 344 g/mol. The van der Waals surface area contributed by atoms with E-state index in [0.717, 1.165) is 24.9 Å². The van der Waals surface area contributed by atoms with Crippen molar-refractivity contribution >= 4 is 17.5 Å². The lowest BCUT2D eigenvalue weighted by atomic mass is 9.76. The smallest absolute Gasteiger partial charge is 0.410 e. The Morgan fingerprint density at radius 1 is 1.15 bits per heavy atom. The molecular formula is C20H26N4O3. The van der Waals surface area contributed by atoms with Crippen LogP contribution in [0.15, 0.2) is 24.7 Å². The fourth-order valence-electron chi connectivity index (χ4n) is 4.42. The van der Waals surface area contributed by atoms with Crippen LogP contribution in [0.2, 0.25) is 0 Å². The topological polar surface area (TPSA) is 76.8 Å². The maximum absolute atomic E-state index is 13.1. The van der Waals surface area contributed by atoms with E-state index < -0.39 is 5.60 Å². The molecule has 0 radical (unpaired) electrons. The highest BCUT2D eigenvalue weighted by molar-refractivity contribution is 5.98. The van der Waals surface area contributed by atoms with Crippen molar-refractivity contribution in [3.8, 4) is 0 Å². The Labute approximate surface area is 158 Å². The number of hydrogen-bond acceptors (Lipinski definition) is 5. The lowest BCUT2D eigenvalue weighted by molar-refractivity contribution is -0.0260. The van der Waals surface area contributed by atoms with E-state index in [0.29, 0.717) is 18.4 Å². The first kappa shape index (κ1) is 17.9. The van der Waals surface area contributed by atoms with Crippen LogP contribution in [0.25, 0.3) is 5.65 Å². The van der Waals surface area contributed by atoms with E-state index in [1.807, 2.05) is 37.8 Å². The van der Waals surface area contributed by atoms with E-state index >= 15 is 0 Å². The fraction of sp³-hybridized carbons (Fsp3) is 0.600. The molecule has 2 aromatic rings. The number of piperidine rings is 2. The zero-order valence-electron chi connectivity index (χ0n) is 16.1. The van der Waals surface area contributed by atoms with Gasteiger partial charge in [-0.2, -0.15) is 0 Å². The highest BCUT2D eigenvalue weighted by Crippen LogP contribution is 2.39. The van der Waals surface area contributed by atoms with Crippen molar-refractivity contribution in [3.63, 3.8) is 0 Å². The number of aromatic nitrogens is 3. The lowest BCUT2D eigenvalue weighted by Crippen LogP contribution is -2.56. The van der Waals surface area contributed by atoms with Crippen molar-refractivity contribution in [1.29, 1.82) is 0 Å². The van der Waals surface area contributed by atoms with Gasteiger partial charge >= 0.3 is 6.09 Å². The van der Waals surface area contributed by atoms with Gasteiger partial charge in [-0.1, -0.05) is 0 Å². The van der Waals surface area contributed by atoms with Gasteiger partial charge in [0.15, 0.2) is 11.4 Å². The standard InChI is InChI=1S/C20H26N4O3/c1-20(2,3)27-19(26)24-15-5-4-6-16(24)10-14(9-15)18(25)13-7-8-17-22-21-12-23(17)11-13/h7-8,11-12,14-16H,4-6,9-10H2,1-3H3. The number of amides is 1. The molecule has 2 aliphatic rings. The summed E-state index contributed by atoms with van der Waals surface area (Å²) in [5, 5.41) is 7.84. The second-order valence-electron chi connectivity index (χ2n) is 8.67. The summed E-state index contributed by atoms with van der Waals surface area (Å²) in [5.74, 6) is 0.0826. The molecule has 2 aromatic heterocycles. The van der Waals surface area contributed by atoms with Crippen molar-refractivity contribution in [1.82, 2.24) is 19.5 Å². The molecule has 0 aromatic carbocycles. The van der Waals surface area contributed by atoms with Crippen LogP contribution in [0, 0.1) is 5.92 Å². The van der Waals surface area contributed by atoms with E-state index in [-0.39, 0.29) is 29.9 Å². The average molecular weight is 370 g/mol. The van der Waals surface area contributed by atoms with Crippen LogP contribution in [0.4, 0.5) is 4.79 Å². The second kappa shape index (κ2) is 6.62. The third kappa shape index (κ3) is 3.55. The zero-order valence-corrected chi connectivity index (χ0v) is 16.1. The van der Waals surface area contributed by atoms with Crippen LogP contribution in [-0.4, -0.2) is 49.1 Å². The monoisotopic (exact) mass is 370 g/mol. The summed E-state index contributed by atoms with van der Waals surface area (Å²) in [6, 6.07) is 3.80. The Balaban J connectivity index is 1.52. The number of ketones is 1. The van der Waals surface area contributed by atoms with E-state index in [9.17, 15) is 9.59 Å². The largest absolute Gasteiger partial charge is 0.444 e. The van der Waals surface area contributed by atoms with Crippen molar-refractivity contribution < 1.29 is 14.3 Å². The fourth-order valence-corrected chi connectivity index (χ4v) is 4.42. The summed E-state index contributed by atoms with van der Waals surface area (Å²) in [4.78, 5) is 27.7. The lowest BCUT2D eigenvalue weighted by Gasteiger charge is -2.48. The molecule has 0 saturated carbocycles. The van der Waals surface area contributed by atoms with E-state index in [2.05, 4.69) is 10.2 Å². The molecule has 2 saturated heterocycles. The van der Waals surface area contributed by atoms with Gasteiger partial charge in [0.1, 0.15) is 11.9 Å². The third-order valence-electron chi connectivity index (χ3n) is 5.53. The first-order valence-electron chi connectivity index (χ1n) is 9.67. The molecule has 2 bridgehead atoms. The van der Waals surface area contributed by atoms with Gasteiger partial charge in [0.05, 0.1) is 0 Å². The van der Waals surface area contributed by atoms with Gasteiger partial charge in [-0.05, 0) is 65.0 Å². The number of pyridine rings is 1. The van der Waals surface area contributed by atoms with Gasteiger partial charge < -0.3 is 9.64 Å². The summed E-state index contributed by atoms with van der Waals surface area (Å²) >= 11 is 0. The molecule has 0 N–H and O–H groups in total. The molecule has 7 nitrogen and oxygen atoms in total. The van der Waals surface area contributed by atoms with Crippen molar-refractivity contribution in [2.45, 2.75) is 70.6 Å². The van der Waals surface area contributed by atoms with Gasteiger partial charge in [0.25, 0.3) is 0 Å². The second-order valence-corrected chi connectivity index (χ2v) is 8.67. The minimum absolute atomic E-state index is 0.0621. The van der Waals surface area contributed by atoms with Crippen molar-refractivity contribution in [2.24, 2.45) is 5.92 Å². The maximum Gasteiger partial charge on any atom is 0.410 e. The maximum atomic E-state index is 13.1. The molecule has 4 heterocycles.